The molecule has 0 aliphatic rings. The van der Waals surface area contributed by atoms with Gasteiger partial charge >= 0.3 is 0 Å². The highest BCUT2D eigenvalue weighted by Crippen LogP contribution is 2.19. The number of benzene rings is 2. The molecule has 0 unspecified atom stereocenters. The van der Waals surface area contributed by atoms with Crippen molar-refractivity contribution < 1.29 is 13.8 Å². The van der Waals surface area contributed by atoms with E-state index in [1.165, 1.54) is 5.56 Å². The molecule has 0 saturated carbocycles. The van der Waals surface area contributed by atoms with Crippen LogP contribution in [0.3, 0.4) is 0 Å². The van der Waals surface area contributed by atoms with E-state index in [9.17, 15) is 13.8 Å². The Labute approximate surface area is 167 Å². The van der Waals surface area contributed by atoms with Crippen molar-refractivity contribution in [3.63, 3.8) is 0 Å². The number of nitrogens with one attached hydrogen (secondary N) is 2. The van der Waals surface area contributed by atoms with E-state index in [-0.39, 0.29) is 17.4 Å². The molecule has 0 aliphatic carbocycles. The summed E-state index contributed by atoms with van der Waals surface area (Å²) in [6, 6.07) is 15.1. The zero-order valence-corrected chi connectivity index (χ0v) is 16.7. The first kappa shape index (κ1) is 21.1. The average molecular weight is 407 g/mol. The molecule has 2 N–H and O–H groups in total. The van der Waals surface area contributed by atoms with E-state index in [1.807, 2.05) is 37.3 Å². The van der Waals surface area contributed by atoms with E-state index in [0.717, 1.165) is 18.4 Å². The Morgan fingerprint density at radius 3 is 2.44 bits per heavy atom. The maximum Gasteiger partial charge on any atom is 0.237 e. The van der Waals surface area contributed by atoms with Gasteiger partial charge in [-0.3, -0.25) is 13.8 Å². The summed E-state index contributed by atoms with van der Waals surface area (Å²) < 4.78 is 12.0. The average Bonchev–Trinajstić information content (AvgIpc) is 2.62. The Hall–Kier alpha value is -2.18. The number of hydrogen-bond acceptors (Lipinski definition) is 3. The predicted octanol–water partition coefficient (Wildman–Crippen LogP) is 3.08. The number of halogens is 1. The minimum atomic E-state index is -1.56. The summed E-state index contributed by atoms with van der Waals surface area (Å²) >= 11 is 6.01. The second kappa shape index (κ2) is 10.8. The van der Waals surface area contributed by atoms with Gasteiger partial charge < -0.3 is 10.6 Å². The van der Waals surface area contributed by atoms with Crippen molar-refractivity contribution in [3.8, 4) is 0 Å². The van der Waals surface area contributed by atoms with E-state index in [2.05, 4.69) is 10.6 Å². The van der Waals surface area contributed by atoms with Gasteiger partial charge in [0.05, 0.1) is 0 Å². The monoisotopic (exact) mass is 406 g/mol. The third kappa shape index (κ3) is 7.93. The second-order valence-electron chi connectivity index (χ2n) is 6.18. The Morgan fingerprint density at radius 1 is 1.04 bits per heavy atom. The molecule has 0 heterocycles. The van der Waals surface area contributed by atoms with Crippen LogP contribution in [0.4, 0.5) is 5.69 Å². The molecule has 5 nitrogen and oxygen atoms in total. The summed E-state index contributed by atoms with van der Waals surface area (Å²) in [7, 11) is -1.56. The maximum atomic E-state index is 12.0. The highest BCUT2D eigenvalue weighted by Gasteiger charge is 2.13. The number of aryl methyl sites for hydroxylation is 2. The van der Waals surface area contributed by atoms with Crippen LogP contribution < -0.4 is 10.6 Å². The van der Waals surface area contributed by atoms with Crippen LogP contribution in [-0.4, -0.2) is 34.1 Å². The summed E-state index contributed by atoms with van der Waals surface area (Å²) in [6.07, 6.45) is 1.67. The number of anilines is 1. The van der Waals surface area contributed by atoms with Gasteiger partial charge in [0.15, 0.2) is 0 Å². The van der Waals surface area contributed by atoms with Crippen LogP contribution in [0.25, 0.3) is 0 Å². The van der Waals surface area contributed by atoms with Crippen molar-refractivity contribution >= 4 is 39.9 Å². The zero-order chi connectivity index (χ0) is 19.6. The fourth-order valence-corrected chi connectivity index (χ4v) is 3.47. The molecule has 2 aromatic carbocycles. The van der Waals surface area contributed by atoms with Gasteiger partial charge in [-0.15, -0.1) is 0 Å². The molecular formula is C20H23ClN2O3S. The smallest absolute Gasteiger partial charge is 0.237 e. The van der Waals surface area contributed by atoms with Gasteiger partial charge in [-0.1, -0.05) is 48.0 Å². The van der Waals surface area contributed by atoms with Gasteiger partial charge in [0.25, 0.3) is 0 Å². The Bertz CT molecular complexity index is 812. The number of carbonyl (C=O) groups excluding carboxylic acids is 2. The van der Waals surface area contributed by atoms with Crippen LogP contribution in [0.5, 0.6) is 0 Å². The molecule has 0 radical (unpaired) electrons. The summed E-state index contributed by atoms with van der Waals surface area (Å²) in [5.41, 5.74) is 2.66. The number of amides is 2. The van der Waals surface area contributed by atoms with Gasteiger partial charge in [0.2, 0.25) is 11.8 Å². The molecule has 0 aliphatic heterocycles. The van der Waals surface area contributed by atoms with Crippen molar-refractivity contribution in [1.29, 1.82) is 0 Å². The highest BCUT2D eigenvalue weighted by atomic mass is 35.5. The molecule has 0 bridgehead atoms. The standard InChI is InChI=1S/C20H23ClN2O3S/c1-15-9-10-17(12-18(15)21)23-20(25)14-27(26)13-19(24)22-11-5-8-16-6-3-2-4-7-16/h2-4,6-7,9-10,12H,5,8,11,13-14H2,1H3,(H,22,24)(H,23,25)/t27-/m1/s1. The van der Waals surface area contributed by atoms with Crippen molar-refractivity contribution in [2.45, 2.75) is 19.8 Å². The maximum absolute atomic E-state index is 12.0. The van der Waals surface area contributed by atoms with Gasteiger partial charge in [-0.2, -0.15) is 0 Å². The number of carbonyl (C=O) groups is 2. The van der Waals surface area contributed by atoms with Crippen LogP contribution in [0.15, 0.2) is 48.5 Å². The van der Waals surface area contributed by atoms with Crippen LogP contribution in [0.2, 0.25) is 5.02 Å². The number of rotatable bonds is 9. The fourth-order valence-electron chi connectivity index (χ4n) is 2.43. The first-order valence-corrected chi connectivity index (χ1v) is 10.5. The predicted molar refractivity (Wildman–Crippen MR) is 110 cm³/mol. The summed E-state index contributed by atoms with van der Waals surface area (Å²) in [5.74, 6) is -1.14. The summed E-state index contributed by atoms with van der Waals surface area (Å²) in [5, 5.41) is 5.92. The van der Waals surface area contributed by atoms with Crippen molar-refractivity contribution in [2.75, 3.05) is 23.4 Å². The van der Waals surface area contributed by atoms with E-state index in [0.29, 0.717) is 17.3 Å². The molecule has 2 aromatic rings. The zero-order valence-electron chi connectivity index (χ0n) is 15.2. The van der Waals surface area contributed by atoms with Crippen molar-refractivity contribution in [1.82, 2.24) is 5.32 Å². The molecular weight excluding hydrogens is 384 g/mol. The molecule has 1 atom stereocenters. The van der Waals surface area contributed by atoms with E-state index >= 15 is 0 Å². The third-order valence-corrected chi connectivity index (χ3v) is 5.42. The van der Waals surface area contributed by atoms with Gasteiger partial charge in [0.1, 0.15) is 11.5 Å². The van der Waals surface area contributed by atoms with E-state index < -0.39 is 16.7 Å². The molecule has 0 saturated heterocycles. The van der Waals surface area contributed by atoms with Crippen molar-refractivity contribution in [2.24, 2.45) is 0 Å². The second-order valence-corrected chi connectivity index (χ2v) is 8.04. The lowest BCUT2D eigenvalue weighted by molar-refractivity contribution is -0.118. The molecule has 144 valence electrons. The summed E-state index contributed by atoms with van der Waals surface area (Å²) in [4.78, 5) is 23.8. The lowest BCUT2D eigenvalue weighted by atomic mass is 10.1. The lowest BCUT2D eigenvalue weighted by Gasteiger charge is -2.08. The molecule has 0 fully saturated rings. The van der Waals surface area contributed by atoms with Crippen molar-refractivity contribution in [3.05, 3.63) is 64.7 Å². The van der Waals surface area contributed by atoms with E-state index in [1.54, 1.807) is 18.2 Å². The third-order valence-electron chi connectivity index (χ3n) is 3.85. The molecule has 2 rings (SSSR count). The first-order chi connectivity index (χ1) is 12.9. The molecule has 27 heavy (non-hydrogen) atoms. The minimum Gasteiger partial charge on any atom is -0.355 e. The lowest BCUT2D eigenvalue weighted by Crippen LogP contribution is -2.32. The van der Waals surface area contributed by atoms with Gasteiger partial charge in [0, 0.05) is 28.1 Å². The van der Waals surface area contributed by atoms with Crippen LogP contribution in [0, 0.1) is 6.92 Å². The van der Waals surface area contributed by atoms with E-state index in [4.69, 9.17) is 11.6 Å². The van der Waals surface area contributed by atoms with Crippen LogP contribution >= 0.6 is 11.6 Å². The normalized spacial score (nSPS) is 11.6. The largest absolute Gasteiger partial charge is 0.355 e. The van der Waals surface area contributed by atoms with Crippen LogP contribution in [0.1, 0.15) is 17.5 Å². The minimum absolute atomic E-state index is 0.187. The Morgan fingerprint density at radius 2 is 1.74 bits per heavy atom. The highest BCUT2D eigenvalue weighted by molar-refractivity contribution is 7.86. The SMILES string of the molecule is Cc1ccc(NC(=O)C[S@](=O)CC(=O)NCCCc2ccccc2)cc1Cl. The topological polar surface area (TPSA) is 75.3 Å². The van der Waals surface area contributed by atoms with Crippen LogP contribution in [-0.2, 0) is 26.8 Å². The molecule has 0 aromatic heterocycles. The molecule has 2 amide bonds. The molecule has 7 heteroatoms. The van der Waals surface area contributed by atoms with Gasteiger partial charge in [-0.25, -0.2) is 0 Å². The quantitative estimate of drug-likeness (QED) is 0.628. The Kier molecular flexibility index (Phi) is 8.48. The Balaban J connectivity index is 1.65. The number of hydrogen-bond donors (Lipinski definition) is 2. The summed E-state index contributed by atoms with van der Waals surface area (Å²) in [6.45, 7) is 2.38. The first-order valence-electron chi connectivity index (χ1n) is 8.65. The fraction of sp³-hybridized carbons (Fsp3) is 0.300. The van der Waals surface area contributed by atoms with Gasteiger partial charge in [-0.05, 0) is 43.0 Å². The molecule has 0 spiro atoms.